The molecule has 2 rings (SSSR count). The quantitative estimate of drug-likeness (QED) is 0.810. The zero-order valence-corrected chi connectivity index (χ0v) is 10.9. The average molecular weight is 286 g/mol. The molecule has 0 aliphatic heterocycles. The lowest BCUT2D eigenvalue weighted by molar-refractivity contribution is 0.111. The topological polar surface area (TPSA) is 57.0 Å². The molecule has 1 aromatic heterocycles. The van der Waals surface area contributed by atoms with Crippen LogP contribution in [0.2, 0.25) is 10.0 Å². The van der Waals surface area contributed by atoms with E-state index in [0.717, 1.165) is 0 Å². The number of benzene rings is 1. The first-order valence-electron chi connectivity index (χ1n) is 5.01. The number of hydrogen-bond acceptors (Lipinski definition) is 4. The lowest BCUT2D eigenvalue weighted by Crippen LogP contribution is -2.05. The highest BCUT2D eigenvalue weighted by atomic mass is 35.5. The molecule has 0 bridgehead atoms. The van der Waals surface area contributed by atoms with Crippen molar-refractivity contribution in [3.8, 4) is 5.69 Å². The first-order valence-corrected chi connectivity index (χ1v) is 5.76. The highest BCUT2D eigenvalue weighted by Crippen LogP contribution is 2.22. The summed E-state index contributed by atoms with van der Waals surface area (Å²) in [6.45, 7) is 0.213. The van der Waals surface area contributed by atoms with Gasteiger partial charge in [-0.25, -0.2) is 4.68 Å². The molecule has 0 aliphatic carbocycles. The van der Waals surface area contributed by atoms with Gasteiger partial charge in [0.15, 0.2) is 12.0 Å². The van der Waals surface area contributed by atoms with E-state index in [0.29, 0.717) is 27.7 Å². The van der Waals surface area contributed by atoms with E-state index >= 15 is 0 Å². The van der Waals surface area contributed by atoms with Crippen molar-refractivity contribution in [1.82, 2.24) is 15.0 Å². The zero-order chi connectivity index (χ0) is 13.1. The fourth-order valence-corrected chi connectivity index (χ4v) is 2.06. The molecule has 0 spiro atoms. The second kappa shape index (κ2) is 5.48. The number of halogens is 2. The summed E-state index contributed by atoms with van der Waals surface area (Å²) >= 11 is 11.8. The van der Waals surface area contributed by atoms with Gasteiger partial charge in [-0.05, 0) is 18.2 Å². The Morgan fingerprint density at radius 3 is 2.56 bits per heavy atom. The van der Waals surface area contributed by atoms with Crippen LogP contribution in [0.3, 0.4) is 0 Å². The van der Waals surface area contributed by atoms with E-state index in [9.17, 15) is 4.79 Å². The van der Waals surface area contributed by atoms with Gasteiger partial charge in [-0.3, -0.25) is 4.79 Å². The standard InChI is InChI=1S/C11H9Cl2N3O2/c1-18-6-11-10(5-17)14-15-16(11)9-3-7(12)2-8(13)4-9/h2-5H,6H2,1H3. The summed E-state index contributed by atoms with van der Waals surface area (Å²) in [5, 5.41) is 8.62. The van der Waals surface area contributed by atoms with Gasteiger partial charge in [0.1, 0.15) is 5.69 Å². The minimum absolute atomic E-state index is 0.213. The van der Waals surface area contributed by atoms with Crippen molar-refractivity contribution in [2.75, 3.05) is 7.11 Å². The van der Waals surface area contributed by atoms with Gasteiger partial charge in [0.05, 0.1) is 12.3 Å². The largest absolute Gasteiger partial charge is 0.378 e. The summed E-state index contributed by atoms with van der Waals surface area (Å²) in [5.41, 5.74) is 1.40. The van der Waals surface area contributed by atoms with Crippen LogP contribution >= 0.6 is 23.2 Å². The van der Waals surface area contributed by atoms with Crippen LogP contribution in [0.4, 0.5) is 0 Å². The fourth-order valence-electron chi connectivity index (χ4n) is 1.55. The first-order chi connectivity index (χ1) is 8.65. The zero-order valence-electron chi connectivity index (χ0n) is 9.43. The molecule has 0 aliphatic rings. The minimum Gasteiger partial charge on any atom is -0.378 e. The number of carbonyl (C=O) groups is 1. The van der Waals surface area contributed by atoms with Gasteiger partial charge in [-0.1, -0.05) is 28.4 Å². The molecule has 1 aromatic carbocycles. The van der Waals surface area contributed by atoms with Crippen LogP contribution in [-0.2, 0) is 11.3 Å². The van der Waals surface area contributed by atoms with E-state index in [1.165, 1.54) is 11.8 Å². The highest BCUT2D eigenvalue weighted by molar-refractivity contribution is 6.34. The molecule has 0 radical (unpaired) electrons. The monoisotopic (exact) mass is 285 g/mol. The van der Waals surface area contributed by atoms with E-state index in [1.807, 2.05) is 0 Å². The Hall–Kier alpha value is -1.43. The van der Waals surface area contributed by atoms with Gasteiger partial charge < -0.3 is 4.74 Å². The first kappa shape index (κ1) is 13.0. The minimum atomic E-state index is 0.213. The van der Waals surface area contributed by atoms with Crippen molar-refractivity contribution < 1.29 is 9.53 Å². The van der Waals surface area contributed by atoms with Crippen LogP contribution in [0.1, 0.15) is 16.2 Å². The van der Waals surface area contributed by atoms with Crippen LogP contribution in [0.5, 0.6) is 0 Å². The van der Waals surface area contributed by atoms with E-state index < -0.39 is 0 Å². The summed E-state index contributed by atoms with van der Waals surface area (Å²) in [5.74, 6) is 0. The van der Waals surface area contributed by atoms with E-state index in [-0.39, 0.29) is 12.3 Å². The van der Waals surface area contributed by atoms with Crippen molar-refractivity contribution in [3.05, 3.63) is 39.6 Å². The second-order valence-corrected chi connectivity index (χ2v) is 4.38. The summed E-state index contributed by atoms with van der Waals surface area (Å²) in [4.78, 5) is 10.9. The Morgan fingerprint density at radius 1 is 1.33 bits per heavy atom. The number of methoxy groups -OCH3 is 1. The molecule has 0 saturated carbocycles. The normalized spacial score (nSPS) is 10.6. The van der Waals surface area contributed by atoms with Gasteiger partial charge in [-0.15, -0.1) is 5.10 Å². The number of aromatic nitrogens is 3. The number of ether oxygens (including phenoxy) is 1. The van der Waals surface area contributed by atoms with Crippen molar-refractivity contribution >= 4 is 29.5 Å². The molecule has 5 nitrogen and oxygen atoms in total. The number of nitrogens with zero attached hydrogens (tertiary/aromatic N) is 3. The molecule has 0 N–H and O–H groups in total. The van der Waals surface area contributed by atoms with E-state index in [2.05, 4.69) is 10.3 Å². The fraction of sp³-hybridized carbons (Fsp3) is 0.182. The van der Waals surface area contributed by atoms with Crippen LogP contribution in [0.15, 0.2) is 18.2 Å². The van der Waals surface area contributed by atoms with E-state index in [4.69, 9.17) is 27.9 Å². The summed E-state index contributed by atoms with van der Waals surface area (Å²) in [7, 11) is 1.52. The Balaban J connectivity index is 2.55. The van der Waals surface area contributed by atoms with Gasteiger partial charge in [-0.2, -0.15) is 0 Å². The molecular formula is C11H9Cl2N3O2. The van der Waals surface area contributed by atoms with Crippen molar-refractivity contribution in [2.24, 2.45) is 0 Å². The summed E-state index contributed by atoms with van der Waals surface area (Å²) in [6, 6.07) is 4.96. The molecule has 94 valence electrons. The second-order valence-electron chi connectivity index (χ2n) is 3.51. The van der Waals surface area contributed by atoms with Crippen molar-refractivity contribution in [3.63, 3.8) is 0 Å². The van der Waals surface area contributed by atoms with Gasteiger partial charge >= 0.3 is 0 Å². The van der Waals surface area contributed by atoms with Gasteiger partial charge in [0, 0.05) is 17.2 Å². The Morgan fingerprint density at radius 2 is 2.00 bits per heavy atom. The summed E-state index contributed by atoms with van der Waals surface area (Å²) in [6.07, 6.45) is 0.629. The lowest BCUT2D eigenvalue weighted by atomic mass is 10.3. The maximum Gasteiger partial charge on any atom is 0.172 e. The third-order valence-electron chi connectivity index (χ3n) is 2.28. The van der Waals surface area contributed by atoms with E-state index in [1.54, 1.807) is 18.2 Å². The third-order valence-corrected chi connectivity index (χ3v) is 2.71. The molecule has 0 atom stereocenters. The SMILES string of the molecule is COCc1c(C=O)nnn1-c1cc(Cl)cc(Cl)c1. The van der Waals surface area contributed by atoms with Gasteiger partial charge in [0.25, 0.3) is 0 Å². The maximum absolute atomic E-state index is 10.9. The molecule has 1 heterocycles. The highest BCUT2D eigenvalue weighted by Gasteiger charge is 2.14. The van der Waals surface area contributed by atoms with Crippen molar-refractivity contribution in [1.29, 1.82) is 0 Å². The van der Waals surface area contributed by atoms with Crippen LogP contribution < -0.4 is 0 Å². The molecule has 18 heavy (non-hydrogen) atoms. The smallest absolute Gasteiger partial charge is 0.172 e. The number of aldehydes is 1. The lowest BCUT2D eigenvalue weighted by Gasteiger charge is -2.07. The molecular weight excluding hydrogens is 277 g/mol. The van der Waals surface area contributed by atoms with Gasteiger partial charge in [0.2, 0.25) is 0 Å². The Kier molecular flexibility index (Phi) is 3.96. The molecule has 0 fully saturated rings. The summed E-state index contributed by atoms with van der Waals surface area (Å²) < 4.78 is 6.50. The van der Waals surface area contributed by atoms with Crippen molar-refractivity contribution in [2.45, 2.75) is 6.61 Å². The predicted molar refractivity (Wildman–Crippen MR) is 67.5 cm³/mol. The Bertz CT molecular complexity index is 563. The van der Waals surface area contributed by atoms with Crippen LogP contribution in [-0.4, -0.2) is 28.4 Å². The number of hydrogen-bond donors (Lipinski definition) is 0. The molecule has 2 aromatic rings. The molecule has 0 saturated heterocycles. The Labute approximate surface area is 113 Å². The van der Waals surface area contributed by atoms with Crippen LogP contribution in [0, 0.1) is 0 Å². The third kappa shape index (κ3) is 2.53. The average Bonchev–Trinajstić information content (AvgIpc) is 2.71. The molecule has 0 amide bonds. The molecule has 7 heteroatoms. The maximum atomic E-state index is 10.9. The number of rotatable bonds is 4. The molecule has 0 unspecified atom stereocenters. The predicted octanol–water partition coefficient (Wildman–Crippen LogP) is 2.53. The number of carbonyl (C=O) groups excluding carboxylic acids is 1. The van der Waals surface area contributed by atoms with Crippen LogP contribution in [0.25, 0.3) is 5.69 Å².